The van der Waals surface area contributed by atoms with Crippen molar-refractivity contribution in [2.45, 2.75) is 13.0 Å². The van der Waals surface area contributed by atoms with Crippen molar-refractivity contribution in [2.75, 3.05) is 6.61 Å². The van der Waals surface area contributed by atoms with Crippen LogP contribution in [0.2, 0.25) is 0 Å². The van der Waals surface area contributed by atoms with Gasteiger partial charge in [0.2, 0.25) is 0 Å². The van der Waals surface area contributed by atoms with E-state index in [1.165, 1.54) is 6.07 Å². The van der Waals surface area contributed by atoms with Gasteiger partial charge in [-0.2, -0.15) is 0 Å². The Morgan fingerprint density at radius 1 is 1.04 bits per heavy atom. The molecule has 1 amide bonds. The molecule has 3 nitrogen and oxygen atoms in total. The fraction of sp³-hybridized carbons (Fsp3) is 0.150. The van der Waals surface area contributed by atoms with Gasteiger partial charge >= 0.3 is 0 Å². The lowest BCUT2D eigenvalue weighted by atomic mass is 10.1. The molecular formula is C20H17F2NO2. The van der Waals surface area contributed by atoms with Crippen LogP contribution in [0.1, 0.15) is 18.5 Å². The Hall–Kier alpha value is -2.95. The molecule has 1 atom stereocenters. The van der Waals surface area contributed by atoms with E-state index in [1.54, 1.807) is 13.0 Å². The van der Waals surface area contributed by atoms with Crippen LogP contribution in [0.4, 0.5) is 8.78 Å². The van der Waals surface area contributed by atoms with E-state index in [4.69, 9.17) is 4.74 Å². The molecule has 0 aliphatic heterocycles. The molecule has 0 radical (unpaired) electrons. The topological polar surface area (TPSA) is 38.3 Å². The molecule has 0 aliphatic rings. The summed E-state index contributed by atoms with van der Waals surface area (Å²) in [5, 5.41) is 4.74. The number of carbonyl (C=O) groups is 1. The first-order valence-corrected chi connectivity index (χ1v) is 7.89. The molecule has 0 spiro atoms. The van der Waals surface area contributed by atoms with Gasteiger partial charge in [0.15, 0.2) is 6.61 Å². The summed E-state index contributed by atoms with van der Waals surface area (Å²) in [7, 11) is 0. The zero-order valence-corrected chi connectivity index (χ0v) is 13.6. The number of ether oxygens (including phenoxy) is 1. The molecule has 0 aromatic heterocycles. The zero-order chi connectivity index (χ0) is 17.8. The number of halogens is 2. The molecule has 3 aromatic rings. The summed E-state index contributed by atoms with van der Waals surface area (Å²) in [6.45, 7) is 1.44. The number of amides is 1. The van der Waals surface area contributed by atoms with E-state index in [9.17, 15) is 13.6 Å². The van der Waals surface area contributed by atoms with Gasteiger partial charge in [0.1, 0.15) is 17.4 Å². The maximum absolute atomic E-state index is 13.7. The number of nitrogens with one attached hydrogen (secondary N) is 1. The maximum atomic E-state index is 13.7. The van der Waals surface area contributed by atoms with E-state index in [0.717, 1.165) is 22.9 Å². The average molecular weight is 341 g/mol. The molecule has 3 rings (SSSR count). The van der Waals surface area contributed by atoms with Gasteiger partial charge in [0.05, 0.1) is 6.04 Å². The third-order valence-corrected chi connectivity index (χ3v) is 3.90. The minimum absolute atomic E-state index is 0.189. The number of hydrogen-bond donors (Lipinski definition) is 1. The smallest absolute Gasteiger partial charge is 0.258 e. The Morgan fingerprint density at radius 3 is 2.56 bits per heavy atom. The van der Waals surface area contributed by atoms with Crippen LogP contribution in [0.5, 0.6) is 5.75 Å². The normalized spacial score (nSPS) is 12.0. The van der Waals surface area contributed by atoms with Gasteiger partial charge in [-0.15, -0.1) is 0 Å². The van der Waals surface area contributed by atoms with Gasteiger partial charge in [-0.05, 0) is 35.9 Å². The number of fused-ring (bicyclic) bond motifs is 1. The first-order valence-electron chi connectivity index (χ1n) is 7.89. The van der Waals surface area contributed by atoms with Gasteiger partial charge in [0.25, 0.3) is 5.91 Å². The van der Waals surface area contributed by atoms with Crippen LogP contribution >= 0.6 is 0 Å². The fourth-order valence-corrected chi connectivity index (χ4v) is 2.62. The minimum Gasteiger partial charge on any atom is -0.484 e. The monoisotopic (exact) mass is 341 g/mol. The van der Waals surface area contributed by atoms with Crippen molar-refractivity contribution >= 4 is 16.7 Å². The Labute approximate surface area is 144 Å². The van der Waals surface area contributed by atoms with Crippen molar-refractivity contribution in [1.29, 1.82) is 0 Å². The highest BCUT2D eigenvalue weighted by molar-refractivity contribution is 5.84. The van der Waals surface area contributed by atoms with Crippen molar-refractivity contribution in [3.8, 4) is 5.75 Å². The summed E-state index contributed by atoms with van der Waals surface area (Å²) in [4.78, 5) is 12.0. The quantitative estimate of drug-likeness (QED) is 0.748. The molecule has 0 saturated carbocycles. The largest absolute Gasteiger partial charge is 0.484 e. The van der Waals surface area contributed by atoms with Gasteiger partial charge in [-0.3, -0.25) is 4.79 Å². The van der Waals surface area contributed by atoms with Crippen LogP contribution in [0.15, 0.2) is 60.7 Å². The van der Waals surface area contributed by atoms with Crippen molar-refractivity contribution in [3.63, 3.8) is 0 Å². The summed E-state index contributed by atoms with van der Waals surface area (Å²) >= 11 is 0. The van der Waals surface area contributed by atoms with Crippen LogP contribution in [0, 0.1) is 11.6 Å². The number of benzene rings is 3. The molecule has 0 aliphatic carbocycles. The molecule has 0 saturated heterocycles. The van der Waals surface area contributed by atoms with Crippen LogP contribution in [0.3, 0.4) is 0 Å². The standard InChI is InChI=1S/C20H17F2NO2/c1-13(18-9-7-16(21)11-19(18)22)23-20(24)12-25-17-8-6-14-4-2-3-5-15(14)10-17/h2-11,13H,12H2,1H3,(H,23,24). The first-order chi connectivity index (χ1) is 12.0. The molecule has 5 heteroatoms. The summed E-state index contributed by atoms with van der Waals surface area (Å²) in [6, 6.07) is 16.1. The maximum Gasteiger partial charge on any atom is 0.258 e. The Bertz CT molecular complexity index is 911. The lowest BCUT2D eigenvalue weighted by molar-refractivity contribution is -0.123. The Kier molecular flexibility index (Phi) is 4.93. The van der Waals surface area contributed by atoms with E-state index < -0.39 is 17.7 Å². The molecule has 0 fully saturated rings. The predicted octanol–water partition coefficient (Wildman–Crippen LogP) is 4.37. The third-order valence-electron chi connectivity index (χ3n) is 3.90. The molecule has 1 unspecified atom stereocenters. The van der Waals surface area contributed by atoms with Gasteiger partial charge in [-0.25, -0.2) is 8.78 Å². The Balaban J connectivity index is 1.60. The summed E-state index contributed by atoms with van der Waals surface area (Å²) < 4.78 is 32.2. The molecule has 1 N–H and O–H groups in total. The second-order valence-corrected chi connectivity index (χ2v) is 5.75. The highest BCUT2D eigenvalue weighted by Gasteiger charge is 2.14. The van der Waals surface area contributed by atoms with Gasteiger partial charge in [-0.1, -0.05) is 36.4 Å². The molecular weight excluding hydrogens is 324 g/mol. The van der Waals surface area contributed by atoms with E-state index >= 15 is 0 Å². The molecule has 0 bridgehead atoms. The molecule has 128 valence electrons. The second kappa shape index (κ2) is 7.30. The van der Waals surface area contributed by atoms with Crippen LogP contribution in [-0.4, -0.2) is 12.5 Å². The second-order valence-electron chi connectivity index (χ2n) is 5.75. The summed E-state index contributed by atoms with van der Waals surface area (Å²) in [6.07, 6.45) is 0. The van der Waals surface area contributed by atoms with Gasteiger partial charge in [0, 0.05) is 11.6 Å². The Morgan fingerprint density at radius 2 is 1.80 bits per heavy atom. The fourth-order valence-electron chi connectivity index (χ4n) is 2.62. The van der Waals surface area contributed by atoms with E-state index in [-0.39, 0.29) is 18.1 Å². The molecule has 25 heavy (non-hydrogen) atoms. The SMILES string of the molecule is CC(NC(=O)COc1ccc2ccccc2c1)c1ccc(F)cc1F. The predicted molar refractivity (Wildman–Crippen MR) is 92.4 cm³/mol. The van der Waals surface area contributed by atoms with E-state index in [0.29, 0.717) is 5.75 Å². The lowest BCUT2D eigenvalue weighted by Crippen LogP contribution is -2.31. The van der Waals surface area contributed by atoms with E-state index in [1.807, 2.05) is 36.4 Å². The van der Waals surface area contributed by atoms with Crippen molar-refractivity contribution in [2.24, 2.45) is 0 Å². The summed E-state index contributed by atoms with van der Waals surface area (Å²) in [5.41, 5.74) is 0.223. The van der Waals surface area contributed by atoms with Crippen LogP contribution in [0.25, 0.3) is 10.8 Å². The summed E-state index contributed by atoms with van der Waals surface area (Å²) in [5.74, 6) is -1.15. The number of carbonyl (C=O) groups excluding carboxylic acids is 1. The highest BCUT2D eigenvalue weighted by atomic mass is 19.1. The highest BCUT2D eigenvalue weighted by Crippen LogP contribution is 2.21. The van der Waals surface area contributed by atoms with E-state index in [2.05, 4.69) is 5.32 Å². The average Bonchev–Trinajstić information content (AvgIpc) is 2.59. The van der Waals surface area contributed by atoms with Crippen molar-refractivity contribution in [1.82, 2.24) is 5.32 Å². The van der Waals surface area contributed by atoms with Crippen LogP contribution in [-0.2, 0) is 4.79 Å². The first kappa shape index (κ1) is 16.9. The third kappa shape index (κ3) is 4.12. The molecule has 0 heterocycles. The minimum atomic E-state index is -0.691. The van der Waals surface area contributed by atoms with Crippen molar-refractivity contribution < 1.29 is 18.3 Å². The van der Waals surface area contributed by atoms with Crippen LogP contribution < -0.4 is 10.1 Å². The number of rotatable bonds is 5. The lowest BCUT2D eigenvalue weighted by Gasteiger charge is -2.15. The van der Waals surface area contributed by atoms with Gasteiger partial charge < -0.3 is 10.1 Å². The number of hydrogen-bond acceptors (Lipinski definition) is 2. The zero-order valence-electron chi connectivity index (χ0n) is 13.6. The van der Waals surface area contributed by atoms with Crippen molar-refractivity contribution in [3.05, 3.63) is 77.9 Å². The molecule has 3 aromatic carbocycles.